The Bertz CT molecular complexity index is 739. The van der Waals surface area contributed by atoms with E-state index < -0.39 is 0 Å². The second-order valence-electron chi connectivity index (χ2n) is 6.13. The van der Waals surface area contributed by atoms with Crippen LogP contribution >= 0.6 is 11.6 Å². The predicted molar refractivity (Wildman–Crippen MR) is 89.7 cm³/mol. The molecule has 2 N–H and O–H groups in total. The monoisotopic (exact) mass is 317 g/mol. The van der Waals surface area contributed by atoms with Gasteiger partial charge in [-0.25, -0.2) is 5.10 Å². The molecule has 1 aliphatic rings. The maximum atomic E-state index is 11.6. The Morgan fingerprint density at radius 2 is 2.23 bits per heavy atom. The summed E-state index contributed by atoms with van der Waals surface area (Å²) < 4.78 is 0. The van der Waals surface area contributed by atoms with Gasteiger partial charge in [-0.3, -0.25) is 4.79 Å². The minimum atomic E-state index is -0.362. The molecule has 0 fully saturated rings. The first-order valence-electron chi connectivity index (χ1n) is 7.68. The fourth-order valence-electron chi connectivity index (χ4n) is 3.00. The normalized spacial score (nSPS) is 17.4. The lowest BCUT2D eigenvalue weighted by Gasteiger charge is -2.28. The highest BCUT2D eigenvalue weighted by Crippen LogP contribution is 2.35. The van der Waals surface area contributed by atoms with Crippen LogP contribution in [0, 0.1) is 0 Å². The molecule has 0 unspecified atom stereocenters. The molecule has 1 aliphatic carbocycles. The first-order valence-corrected chi connectivity index (χ1v) is 8.06. The van der Waals surface area contributed by atoms with E-state index >= 15 is 0 Å². The van der Waals surface area contributed by atoms with Gasteiger partial charge in [0, 0.05) is 0 Å². The van der Waals surface area contributed by atoms with Crippen LogP contribution in [-0.2, 0) is 6.42 Å². The fourth-order valence-corrected chi connectivity index (χ4v) is 3.14. The largest absolute Gasteiger partial charge is 0.376 e. The van der Waals surface area contributed by atoms with E-state index in [9.17, 15) is 4.79 Å². The predicted octanol–water partition coefficient (Wildman–Crippen LogP) is 4.04. The molecule has 1 atom stereocenters. The molecular formula is C17H20ClN3O. The molecule has 1 aromatic heterocycles. The second kappa shape index (κ2) is 6.13. The van der Waals surface area contributed by atoms with E-state index in [1.807, 2.05) is 0 Å². The van der Waals surface area contributed by atoms with Crippen LogP contribution in [0.15, 0.2) is 29.2 Å². The molecule has 0 aliphatic heterocycles. The third-order valence-electron chi connectivity index (χ3n) is 4.28. The van der Waals surface area contributed by atoms with Crippen molar-refractivity contribution in [2.24, 2.45) is 0 Å². The Hall–Kier alpha value is -1.81. The lowest BCUT2D eigenvalue weighted by molar-refractivity contribution is 0.598. The minimum absolute atomic E-state index is 0.169. The zero-order chi connectivity index (χ0) is 15.7. The Kier molecular flexibility index (Phi) is 4.21. The SMILES string of the molecule is CC(C)c1ccc2c(c1)[C@H](Nc1cn[nH]c(=O)c1Cl)CCC2. The first kappa shape index (κ1) is 15.1. The molecule has 3 rings (SSSR count). The van der Waals surface area contributed by atoms with Crippen molar-refractivity contribution in [3.8, 4) is 0 Å². The van der Waals surface area contributed by atoms with Crippen LogP contribution in [0.5, 0.6) is 0 Å². The number of aromatic nitrogens is 2. The van der Waals surface area contributed by atoms with Crippen LogP contribution in [0.25, 0.3) is 0 Å². The quantitative estimate of drug-likeness (QED) is 0.898. The van der Waals surface area contributed by atoms with Crippen molar-refractivity contribution >= 4 is 17.3 Å². The number of halogens is 1. The molecule has 116 valence electrons. The van der Waals surface area contributed by atoms with Crippen molar-refractivity contribution in [3.05, 3.63) is 56.5 Å². The number of H-pyrrole nitrogens is 1. The summed E-state index contributed by atoms with van der Waals surface area (Å²) in [6.07, 6.45) is 4.83. The van der Waals surface area contributed by atoms with Crippen molar-refractivity contribution in [2.75, 3.05) is 5.32 Å². The summed E-state index contributed by atoms with van der Waals surface area (Å²) in [6.45, 7) is 4.40. The van der Waals surface area contributed by atoms with E-state index in [2.05, 4.69) is 47.6 Å². The van der Waals surface area contributed by atoms with Gasteiger partial charge in [0.2, 0.25) is 0 Å². The molecule has 4 nitrogen and oxygen atoms in total. The van der Waals surface area contributed by atoms with Crippen molar-refractivity contribution in [3.63, 3.8) is 0 Å². The Morgan fingerprint density at radius 3 is 3.00 bits per heavy atom. The van der Waals surface area contributed by atoms with E-state index in [-0.39, 0.29) is 16.6 Å². The van der Waals surface area contributed by atoms with E-state index in [0.717, 1.165) is 19.3 Å². The molecule has 0 saturated heterocycles. The maximum Gasteiger partial charge on any atom is 0.285 e. The summed E-state index contributed by atoms with van der Waals surface area (Å²) >= 11 is 6.08. The molecule has 0 radical (unpaired) electrons. The van der Waals surface area contributed by atoms with E-state index in [4.69, 9.17) is 11.6 Å². The van der Waals surface area contributed by atoms with Gasteiger partial charge in [-0.1, -0.05) is 43.6 Å². The molecule has 2 aromatic rings. The molecular weight excluding hydrogens is 298 g/mol. The minimum Gasteiger partial charge on any atom is -0.376 e. The van der Waals surface area contributed by atoms with Crippen LogP contribution in [0.2, 0.25) is 5.02 Å². The van der Waals surface area contributed by atoms with Crippen LogP contribution in [0.3, 0.4) is 0 Å². The van der Waals surface area contributed by atoms with E-state index in [1.54, 1.807) is 6.20 Å². The van der Waals surface area contributed by atoms with Crippen LogP contribution in [-0.4, -0.2) is 10.2 Å². The molecule has 5 heteroatoms. The second-order valence-corrected chi connectivity index (χ2v) is 6.51. The number of nitrogens with one attached hydrogen (secondary N) is 2. The van der Waals surface area contributed by atoms with Gasteiger partial charge in [-0.2, -0.15) is 5.10 Å². The van der Waals surface area contributed by atoms with Gasteiger partial charge in [0.15, 0.2) is 0 Å². The average molecular weight is 318 g/mol. The van der Waals surface area contributed by atoms with Gasteiger partial charge in [0.05, 0.1) is 17.9 Å². The molecule has 1 aromatic carbocycles. The molecule has 22 heavy (non-hydrogen) atoms. The number of hydrogen-bond acceptors (Lipinski definition) is 3. The summed E-state index contributed by atoms with van der Waals surface area (Å²) in [5, 5.41) is 9.74. The number of anilines is 1. The van der Waals surface area contributed by atoms with E-state index in [1.165, 1.54) is 16.7 Å². The van der Waals surface area contributed by atoms with Crippen LogP contribution in [0.1, 0.15) is 55.3 Å². The summed E-state index contributed by atoms with van der Waals surface area (Å²) in [6, 6.07) is 6.90. The summed E-state index contributed by atoms with van der Waals surface area (Å²) in [5.74, 6) is 0.498. The topological polar surface area (TPSA) is 57.8 Å². The molecule has 0 saturated carbocycles. The zero-order valence-corrected chi connectivity index (χ0v) is 13.6. The third kappa shape index (κ3) is 2.88. The lowest BCUT2D eigenvalue weighted by Crippen LogP contribution is -2.20. The van der Waals surface area contributed by atoms with Gasteiger partial charge in [0.25, 0.3) is 5.56 Å². The third-order valence-corrected chi connectivity index (χ3v) is 4.65. The van der Waals surface area contributed by atoms with Crippen molar-refractivity contribution in [1.29, 1.82) is 0 Å². The van der Waals surface area contributed by atoms with Crippen LogP contribution < -0.4 is 10.9 Å². The fraction of sp³-hybridized carbons (Fsp3) is 0.412. The van der Waals surface area contributed by atoms with Crippen LogP contribution in [0.4, 0.5) is 5.69 Å². The highest BCUT2D eigenvalue weighted by Gasteiger charge is 2.22. The standard InChI is InChI=1S/C17H20ClN3O/c1-10(2)12-7-6-11-4-3-5-14(13(11)8-12)20-15-9-19-21-17(22)16(15)18/h6-10,14H,3-5H2,1-2H3,(H2,20,21,22)/t14-/m1/s1. The van der Waals surface area contributed by atoms with Crippen molar-refractivity contribution < 1.29 is 0 Å². The number of rotatable bonds is 3. The van der Waals surface area contributed by atoms with E-state index in [0.29, 0.717) is 11.6 Å². The van der Waals surface area contributed by atoms with Crippen molar-refractivity contribution in [2.45, 2.75) is 45.1 Å². The summed E-state index contributed by atoms with van der Waals surface area (Å²) in [7, 11) is 0. The van der Waals surface area contributed by atoms with Gasteiger partial charge in [0.1, 0.15) is 5.02 Å². The number of benzene rings is 1. The Morgan fingerprint density at radius 1 is 1.41 bits per heavy atom. The summed E-state index contributed by atoms with van der Waals surface area (Å²) in [4.78, 5) is 11.6. The number of aromatic amines is 1. The Labute approximate surface area is 134 Å². The lowest BCUT2D eigenvalue weighted by atomic mass is 9.85. The molecule has 0 bridgehead atoms. The Balaban J connectivity index is 1.95. The van der Waals surface area contributed by atoms with Gasteiger partial charge >= 0.3 is 0 Å². The van der Waals surface area contributed by atoms with Gasteiger partial charge in [-0.05, 0) is 41.9 Å². The molecule has 1 heterocycles. The molecule has 0 amide bonds. The smallest absolute Gasteiger partial charge is 0.285 e. The average Bonchev–Trinajstić information content (AvgIpc) is 2.51. The maximum absolute atomic E-state index is 11.6. The van der Waals surface area contributed by atoms with Crippen molar-refractivity contribution in [1.82, 2.24) is 10.2 Å². The van der Waals surface area contributed by atoms with Gasteiger partial charge in [-0.15, -0.1) is 0 Å². The van der Waals surface area contributed by atoms with Gasteiger partial charge < -0.3 is 5.32 Å². The highest BCUT2D eigenvalue weighted by molar-refractivity contribution is 6.32. The first-order chi connectivity index (χ1) is 10.6. The molecule has 0 spiro atoms. The number of nitrogens with zero attached hydrogens (tertiary/aromatic N) is 1. The number of fused-ring (bicyclic) bond motifs is 1. The summed E-state index contributed by atoms with van der Waals surface area (Å²) in [5.41, 5.74) is 4.26. The number of aryl methyl sites for hydroxylation is 1. The highest BCUT2D eigenvalue weighted by atomic mass is 35.5. The zero-order valence-electron chi connectivity index (χ0n) is 12.8. The number of hydrogen-bond donors (Lipinski definition) is 2.